The number of hydrogen-bond acceptors (Lipinski definition) is 4. The number of carboxylic acids is 1. The fourth-order valence-electron chi connectivity index (χ4n) is 2.36. The molecule has 158 valence electrons. The summed E-state index contributed by atoms with van der Waals surface area (Å²) in [5, 5.41) is 18.3. The molecule has 0 saturated carbocycles. The van der Waals surface area contributed by atoms with Crippen LogP contribution in [0.5, 0.6) is 0 Å². The van der Waals surface area contributed by atoms with Crippen LogP contribution in [-0.4, -0.2) is 69.4 Å². The van der Waals surface area contributed by atoms with Crippen LogP contribution in [0.1, 0.15) is 90.4 Å². The summed E-state index contributed by atoms with van der Waals surface area (Å²) >= 11 is 0. The SMILES string of the molecule is CCCCCC[C@@H](O)C/C=C\CCCCCCCC(=O)O.O=S(=O)(O)O.[NaH]. The molecule has 0 radical (unpaired) electrons. The Labute approximate surface area is 186 Å². The Morgan fingerprint density at radius 2 is 1.44 bits per heavy atom. The van der Waals surface area contributed by atoms with E-state index in [2.05, 4.69) is 19.1 Å². The van der Waals surface area contributed by atoms with Crippen molar-refractivity contribution in [3.05, 3.63) is 12.2 Å². The molecule has 0 aliphatic carbocycles. The van der Waals surface area contributed by atoms with Gasteiger partial charge in [0.15, 0.2) is 0 Å². The molecule has 9 heteroatoms. The van der Waals surface area contributed by atoms with Gasteiger partial charge in [0, 0.05) is 6.42 Å². The molecule has 1 atom stereocenters. The van der Waals surface area contributed by atoms with E-state index in [0.29, 0.717) is 6.42 Å². The van der Waals surface area contributed by atoms with E-state index in [1.807, 2.05) is 0 Å². The van der Waals surface area contributed by atoms with Crippen molar-refractivity contribution in [1.29, 1.82) is 0 Å². The molecular weight excluding hydrogens is 383 g/mol. The Hall–Kier alpha value is 0.0400. The first-order valence-corrected chi connectivity index (χ1v) is 10.8. The molecule has 0 rings (SSSR count). The molecule has 0 aliphatic heterocycles. The predicted molar refractivity (Wildman–Crippen MR) is 110 cm³/mol. The van der Waals surface area contributed by atoms with Gasteiger partial charge in [0.2, 0.25) is 0 Å². The van der Waals surface area contributed by atoms with E-state index in [1.54, 1.807) is 0 Å². The minimum atomic E-state index is -4.67. The molecule has 0 aromatic heterocycles. The summed E-state index contributed by atoms with van der Waals surface area (Å²) in [6.45, 7) is 2.20. The first-order valence-electron chi connectivity index (χ1n) is 9.41. The van der Waals surface area contributed by atoms with Crippen molar-refractivity contribution in [2.24, 2.45) is 0 Å². The molecule has 4 N–H and O–H groups in total. The number of carbonyl (C=O) groups is 1. The second-order valence-corrected chi connectivity index (χ2v) is 7.25. The van der Waals surface area contributed by atoms with Gasteiger partial charge in [-0.3, -0.25) is 13.9 Å². The summed E-state index contributed by atoms with van der Waals surface area (Å²) in [6.07, 6.45) is 17.4. The Kier molecular flexibility index (Phi) is 26.2. The van der Waals surface area contributed by atoms with Crippen LogP contribution in [0.4, 0.5) is 0 Å². The second kappa shape index (κ2) is 22.3. The van der Waals surface area contributed by atoms with Crippen molar-refractivity contribution < 1.29 is 32.5 Å². The van der Waals surface area contributed by atoms with Crippen LogP contribution in [0.2, 0.25) is 0 Å². The zero-order valence-electron chi connectivity index (χ0n) is 15.8. The predicted octanol–water partition coefficient (Wildman–Crippen LogP) is 3.78. The molecule has 0 heterocycles. The van der Waals surface area contributed by atoms with Crippen molar-refractivity contribution in [1.82, 2.24) is 0 Å². The molecule has 0 saturated heterocycles. The average molecular weight is 421 g/mol. The Bertz CT molecular complexity index is 445. The third-order valence-electron chi connectivity index (χ3n) is 3.73. The number of carboxylic acid groups (broad SMARTS) is 1. The molecule has 0 aromatic rings. The van der Waals surface area contributed by atoms with E-state index in [4.69, 9.17) is 22.6 Å². The van der Waals surface area contributed by atoms with Gasteiger partial charge in [-0.1, -0.05) is 64.0 Å². The van der Waals surface area contributed by atoms with Gasteiger partial charge in [0.1, 0.15) is 0 Å². The first-order chi connectivity index (χ1) is 12.2. The number of aliphatic hydroxyl groups excluding tert-OH is 1. The van der Waals surface area contributed by atoms with Crippen molar-refractivity contribution in [3.63, 3.8) is 0 Å². The molecule has 0 aliphatic rings. The van der Waals surface area contributed by atoms with Crippen molar-refractivity contribution in [2.45, 2.75) is 96.5 Å². The van der Waals surface area contributed by atoms with Gasteiger partial charge in [-0.15, -0.1) is 0 Å². The Morgan fingerprint density at radius 1 is 0.926 bits per heavy atom. The average Bonchev–Trinajstić information content (AvgIpc) is 2.51. The number of hydrogen-bond donors (Lipinski definition) is 4. The minimum absolute atomic E-state index is 0. The number of aliphatic hydroxyl groups is 1. The molecule has 0 fully saturated rings. The summed E-state index contributed by atoms with van der Waals surface area (Å²) in [7, 11) is -4.67. The van der Waals surface area contributed by atoms with Crippen LogP contribution in [0.15, 0.2) is 12.2 Å². The normalized spacial score (nSPS) is 12.1. The van der Waals surface area contributed by atoms with E-state index in [0.717, 1.165) is 51.4 Å². The molecule has 0 spiro atoms. The summed E-state index contributed by atoms with van der Waals surface area (Å²) in [6, 6.07) is 0. The standard InChI is InChI=1S/C18H34O3.Na.H2O4S.H/c1-2-3-4-11-14-17(19)15-12-9-7-5-6-8-10-13-16-18(20)21;;1-5(2,3)4;/h9,12,17,19H,2-8,10-11,13-16H2,1H3,(H,20,21);;(H2,1,2,3,4);/b12-9-;;;/t17-;;;/m1.../s1. The fraction of sp³-hybridized carbons (Fsp3) is 0.833. The second-order valence-electron chi connectivity index (χ2n) is 6.36. The van der Waals surface area contributed by atoms with Crippen LogP contribution in [0.3, 0.4) is 0 Å². The molecule has 7 nitrogen and oxygen atoms in total. The molecule has 0 aromatic carbocycles. The summed E-state index contributed by atoms with van der Waals surface area (Å²) in [5.74, 6) is -0.689. The Morgan fingerprint density at radius 3 is 2.00 bits per heavy atom. The van der Waals surface area contributed by atoms with Gasteiger partial charge in [0.25, 0.3) is 0 Å². The van der Waals surface area contributed by atoms with Gasteiger partial charge in [-0.2, -0.15) is 8.42 Å². The van der Waals surface area contributed by atoms with Crippen LogP contribution in [-0.2, 0) is 15.2 Å². The van der Waals surface area contributed by atoms with Crippen LogP contribution >= 0.6 is 0 Å². The van der Waals surface area contributed by atoms with E-state index in [1.165, 1.54) is 25.7 Å². The third kappa shape index (κ3) is 41.5. The molecular formula is C18H37NaO7S. The number of allylic oxidation sites excluding steroid dienone is 1. The van der Waals surface area contributed by atoms with E-state index in [9.17, 15) is 9.90 Å². The van der Waals surface area contributed by atoms with Crippen molar-refractivity contribution in [2.75, 3.05) is 0 Å². The van der Waals surface area contributed by atoms with E-state index >= 15 is 0 Å². The number of aliphatic carboxylic acids is 1. The number of unbranched alkanes of at least 4 members (excludes halogenated alkanes) is 8. The van der Waals surface area contributed by atoms with Crippen LogP contribution in [0, 0.1) is 0 Å². The zero-order chi connectivity index (χ0) is 20.3. The van der Waals surface area contributed by atoms with Crippen LogP contribution < -0.4 is 0 Å². The van der Waals surface area contributed by atoms with Gasteiger partial charge >= 0.3 is 45.9 Å². The van der Waals surface area contributed by atoms with E-state index in [-0.39, 0.29) is 35.7 Å². The van der Waals surface area contributed by atoms with Gasteiger partial charge in [-0.25, -0.2) is 0 Å². The van der Waals surface area contributed by atoms with Crippen LogP contribution in [0.25, 0.3) is 0 Å². The summed E-state index contributed by atoms with van der Waals surface area (Å²) < 4.78 is 31.6. The first kappa shape index (κ1) is 31.7. The number of rotatable bonds is 15. The molecule has 27 heavy (non-hydrogen) atoms. The molecule has 0 bridgehead atoms. The maximum atomic E-state index is 10.3. The van der Waals surface area contributed by atoms with Crippen molar-refractivity contribution in [3.8, 4) is 0 Å². The van der Waals surface area contributed by atoms with Gasteiger partial charge < -0.3 is 10.2 Å². The maximum absolute atomic E-state index is 10.3. The van der Waals surface area contributed by atoms with Gasteiger partial charge in [-0.05, 0) is 32.1 Å². The zero-order valence-corrected chi connectivity index (χ0v) is 16.7. The van der Waals surface area contributed by atoms with Crippen molar-refractivity contribution >= 4 is 45.9 Å². The van der Waals surface area contributed by atoms with E-state index < -0.39 is 16.4 Å². The summed E-state index contributed by atoms with van der Waals surface area (Å²) in [4.78, 5) is 10.3. The molecule has 0 amide bonds. The van der Waals surface area contributed by atoms with Gasteiger partial charge in [0.05, 0.1) is 6.10 Å². The third-order valence-corrected chi connectivity index (χ3v) is 3.73. The summed E-state index contributed by atoms with van der Waals surface area (Å²) in [5.41, 5.74) is 0. The fourth-order valence-corrected chi connectivity index (χ4v) is 2.36. The Balaban J connectivity index is -0.000000844. The monoisotopic (exact) mass is 420 g/mol. The molecule has 0 unspecified atom stereocenters. The quantitative estimate of drug-likeness (QED) is 0.137. The topological polar surface area (TPSA) is 132 Å².